The zero-order chi connectivity index (χ0) is 15.3. The average Bonchev–Trinajstić information content (AvgIpc) is 2.94. The fourth-order valence-corrected chi connectivity index (χ4v) is 4.68. The molecular weight excluding hydrogens is 308 g/mol. The van der Waals surface area contributed by atoms with E-state index in [1.807, 2.05) is 6.92 Å². The number of thiophene rings is 1. The molecular formula is C14H24N2O3S2. The van der Waals surface area contributed by atoms with Gasteiger partial charge in [-0.15, -0.1) is 11.3 Å². The molecule has 1 aliphatic rings. The maximum Gasteiger partial charge on any atom is 0.241 e. The van der Waals surface area contributed by atoms with Crippen molar-refractivity contribution in [2.45, 2.75) is 38.1 Å². The molecule has 0 bridgehead atoms. The van der Waals surface area contributed by atoms with Crippen LogP contribution < -0.4 is 10.0 Å². The smallest absolute Gasteiger partial charge is 0.241 e. The third-order valence-corrected chi connectivity index (χ3v) is 6.34. The van der Waals surface area contributed by atoms with Crippen molar-refractivity contribution >= 4 is 21.4 Å². The van der Waals surface area contributed by atoms with Gasteiger partial charge in [0.15, 0.2) is 0 Å². The summed E-state index contributed by atoms with van der Waals surface area (Å²) in [6.45, 7) is 7.62. The van der Waals surface area contributed by atoms with Gasteiger partial charge in [0.1, 0.15) is 0 Å². The van der Waals surface area contributed by atoms with Crippen LogP contribution in [0.3, 0.4) is 0 Å². The standard InChI is InChI=1S/C14H24N2O3S2/c1-3-15-9-12-8-13(10-20-12)21(17,18)16-11-14(2)4-6-19-7-5-14/h8,10,15-16H,3-7,9,11H2,1-2H3. The summed E-state index contributed by atoms with van der Waals surface area (Å²) in [6, 6.07) is 1.75. The highest BCUT2D eigenvalue weighted by atomic mass is 32.2. The maximum absolute atomic E-state index is 12.3. The molecule has 0 radical (unpaired) electrons. The zero-order valence-corrected chi connectivity index (χ0v) is 14.3. The van der Waals surface area contributed by atoms with E-state index in [0.717, 1.165) is 24.3 Å². The van der Waals surface area contributed by atoms with E-state index in [4.69, 9.17) is 4.74 Å². The Kier molecular flexibility index (Phi) is 5.79. The number of hydrogen-bond acceptors (Lipinski definition) is 5. The lowest BCUT2D eigenvalue weighted by Gasteiger charge is -2.33. The summed E-state index contributed by atoms with van der Waals surface area (Å²) in [6.07, 6.45) is 1.79. The first kappa shape index (κ1) is 16.9. The Morgan fingerprint density at radius 2 is 2.10 bits per heavy atom. The van der Waals surface area contributed by atoms with Crippen molar-refractivity contribution in [3.63, 3.8) is 0 Å². The Balaban J connectivity index is 1.96. The second kappa shape index (κ2) is 7.19. The molecule has 1 aliphatic heterocycles. The number of ether oxygens (including phenoxy) is 1. The second-order valence-electron chi connectivity index (χ2n) is 5.78. The second-order valence-corrected chi connectivity index (χ2v) is 8.54. The predicted molar refractivity (Wildman–Crippen MR) is 85.0 cm³/mol. The molecule has 0 saturated carbocycles. The van der Waals surface area contributed by atoms with Crippen molar-refractivity contribution in [2.24, 2.45) is 5.41 Å². The first-order valence-corrected chi connectivity index (χ1v) is 9.67. The van der Waals surface area contributed by atoms with Crippen LogP contribution in [-0.2, 0) is 21.3 Å². The highest BCUT2D eigenvalue weighted by Crippen LogP contribution is 2.29. The summed E-state index contributed by atoms with van der Waals surface area (Å²) in [4.78, 5) is 1.41. The minimum Gasteiger partial charge on any atom is -0.381 e. The molecule has 2 rings (SSSR count). The molecule has 2 N–H and O–H groups in total. The highest BCUT2D eigenvalue weighted by Gasteiger charge is 2.29. The van der Waals surface area contributed by atoms with Crippen molar-refractivity contribution < 1.29 is 13.2 Å². The van der Waals surface area contributed by atoms with Gasteiger partial charge in [0.05, 0.1) is 4.90 Å². The predicted octanol–water partition coefficient (Wildman–Crippen LogP) is 1.95. The molecule has 5 nitrogen and oxygen atoms in total. The van der Waals surface area contributed by atoms with E-state index < -0.39 is 10.0 Å². The van der Waals surface area contributed by atoms with Gasteiger partial charge in [-0.25, -0.2) is 13.1 Å². The Bertz CT molecular complexity index is 548. The summed E-state index contributed by atoms with van der Waals surface area (Å²) in [5.74, 6) is 0. The third kappa shape index (κ3) is 4.75. The van der Waals surface area contributed by atoms with E-state index in [9.17, 15) is 8.42 Å². The van der Waals surface area contributed by atoms with Crippen molar-refractivity contribution in [2.75, 3.05) is 26.3 Å². The van der Waals surface area contributed by atoms with Gasteiger partial charge >= 0.3 is 0 Å². The summed E-state index contributed by atoms with van der Waals surface area (Å²) in [5, 5.41) is 4.91. The summed E-state index contributed by atoms with van der Waals surface area (Å²) in [5.41, 5.74) is -0.00601. The van der Waals surface area contributed by atoms with Crippen molar-refractivity contribution in [1.82, 2.24) is 10.0 Å². The van der Waals surface area contributed by atoms with Crippen LogP contribution in [0.5, 0.6) is 0 Å². The zero-order valence-electron chi connectivity index (χ0n) is 12.6. The molecule has 1 saturated heterocycles. The van der Waals surface area contributed by atoms with E-state index in [1.54, 1.807) is 11.4 Å². The molecule has 120 valence electrons. The first-order chi connectivity index (χ1) is 9.95. The molecule has 0 aliphatic carbocycles. The molecule has 1 fully saturated rings. The number of rotatable bonds is 7. The fourth-order valence-electron chi connectivity index (χ4n) is 2.24. The monoisotopic (exact) mass is 332 g/mol. The van der Waals surface area contributed by atoms with Crippen LogP contribution in [0.15, 0.2) is 16.3 Å². The van der Waals surface area contributed by atoms with Crippen molar-refractivity contribution in [3.8, 4) is 0 Å². The van der Waals surface area contributed by atoms with Gasteiger partial charge in [0, 0.05) is 36.6 Å². The fraction of sp³-hybridized carbons (Fsp3) is 0.714. The van der Waals surface area contributed by atoms with Crippen molar-refractivity contribution in [1.29, 1.82) is 0 Å². The van der Waals surface area contributed by atoms with Crippen LogP contribution in [0.1, 0.15) is 31.6 Å². The normalized spacial score (nSPS) is 18.8. The van der Waals surface area contributed by atoms with Gasteiger partial charge < -0.3 is 10.1 Å². The van der Waals surface area contributed by atoms with Gasteiger partial charge in [-0.1, -0.05) is 13.8 Å². The largest absolute Gasteiger partial charge is 0.381 e. The summed E-state index contributed by atoms with van der Waals surface area (Å²) in [7, 11) is -3.41. The lowest BCUT2D eigenvalue weighted by atomic mass is 9.83. The van der Waals surface area contributed by atoms with Gasteiger partial charge in [0.25, 0.3) is 0 Å². The minimum absolute atomic E-state index is 0.00601. The number of nitrogens with one attached hydrogen (secondary N) is 2. The summed E-state index contributed by atoms with van der Waals surface area (Å²) < 4.78 is 32.8. The third-order valence-electron chi connectivity index (χ3n) is 3.88. The number of hydrogen-bond donors (Lipinski definition) is 2. The van der Waals surface area contributed by atoms with Crippen LogP contribution in [0.25, 0.3) is 0 Å². The lowest BCUT2D eigenvalue weighted by Crippen LogP contribution is -2.39. The molecule has 7 heteroatoms. The molecule has 0 spiro atoms. The molecule has 2 heterocycles. The van der Waals surface area contributed by atoms with Crippen LogP contribution in [0, 0.1) is 5.41 Å². The first-order valence-electron chi connectivity index (χ1n) is 7.31. The van der Waals surface area contributed by atoms with Crippen LogP contribution in [0.2, 0.25) is 0 Å². The summed E-state index contributed by atoms with van der Waals surface area (Å²) >= 11 is 1.48. The lowest BCUT2D eigenvalue weighted by molar-refractivity contribution is 0.0265. The van der Waals surface area contributed by atoms with Gasteiger partial charge in [-0.3, -0.25) is 0 Å². The highest BCUT2D eigenvalue weighted by molar-refractivity contribution is 7.89. The van der Waals surface area contributed by atoms with Crippen molar-refractivity contribution in [3.05, 3.63) is 16.3 Å². The molecule has 0 amide bonds. The molecule has 0 unspecified atom stereocenters. The van der Waals surface area contributed by atoms with E-state index in [0.29, 0.717) is 31.2 Å². The number of sulfonamides is 1. The SMILES string of the molecule is CCNCc1cc(S(=O)(=O)NCC2(C)CCOCC2)cs1. The Hall–Kier alpha value is -0.470. The van der Waals surface area contributed by atoms with Crippen LogP contribution in [0.4, 0.5) is 0 Å². The quantitative estimate of drug-likeness (QED) is 0.801. The van der Waals surface area contributed by atoms with Crippen LogP contribution >= 0.6 is 11.3 Å². The average molecular weight is 332 g/mol. The topological polar surface area (TPSA) is 67.4 Å². The van der Waals surface area contributed by atoms with Gasteiger partial charge in [-0.2, -0.15) is 0 Å². The Morgan fingerprint density at radius 1 is 1.38 bits per heavy atom. The van der Waals surface area contributed by atoms with E-state index in [1.165, 1.54) is 11.3 Å². The minimum atomic E-state index is -3.41. The maximum atomic E-state index is 12.3. The van der Waals surface area contributed by atoms with Crippen LogP contribution in [-0.4, -0.2) is 34.7 Å². The van der Waals surface area contributed by atoms with Gasteiger partial charge in [-0.05, 0) is 30.9 Å². The van der Waals surface area contributed by atoms with E-state index in [-0.39, 0.29) is 5.41 Å². The van der Waals surface area contributed by atoms with E-state index in [2.05, 4.69) is 17.0 Å². The molecule has 21 heavy (non-hydrogen) atoms. The molecule has 0 atom stereocenters. The van der Waals surface area contributed by atoms with E-state index >= 15 is 0 Å². The molecule has 0 aromatic carbocycles. The molecule has 1 aromatic rings. The molecule has 1 aromatic heterocycles. The van der Waals surface area contributed by atoms with Gasteiger partial charge in [0.2, 0.25) is 10.0 Å². The Labute approximate surface area is 131 Å². The Morgan fingerprint density at radius 3 is 2.76 bits per heavy atom.